The largest absolute Gasteiger partial charge is 0.389 e. The maximum Gasteiger partial charge on any atom is 0.389 e. The zero-order valence-electron chi connectivity index (χ0n) is 11.5. The lowest BCUT2D eigenvalue weighted by atomic mass is 9.76. The molecule has 0 spiro atoms. The molecule has 4 nitrogen and oxygen atoms in total. The van der Waals surface area contributed by atoms with Gasteiger partial charge >= 0.3 is 6.18 Å². The summed E-state index contributed by atoms with van der Waals surface area (Å²) in [5, 5.41) is 3.61. The number of nitrogens with two attached hydrogens (primary N) is 1. The van der Waals surface area contributed by atoms with Crippen LogP contribution in [0.1, 0.15) is 57.2 Å². The molecule has 114 valence electrons. The molecule has 0 aromatic carbocycles. The predicted octanol–water partition coefficient (Wildman–Crippen LogP) is 3.32. The van der Waals surface area contributed by atoms with Gasteiger partial charge in [-0.1, -0.05) is 18.5 Å². The average Bonchev–Trinajstić information content (AvgIpc) is 2.86. The first kappa shape index (κ1) is 15.3. The van der Waals surface area contributed by atoms with Crippen LogP contribution in [0.4, 0.5) is 13.2 Å². The van der Waals surface area contributed by atoms with E-state index in [0.717, 1.165) is 32.1 Å². The molecular formula is C13H20F3N3O. The topological polar surface area (TPSA) is 64.9 Å². The number of rotatable bonds is 4. The Labute approximate surface area is 115 Å². The van der Waals surface area contributed by atoms with E-state index in [4.69, 9.17) is 10.3 Å². The maximum atomic E-state index is 12.1. The number of aromatic nitrogens is 2. The molecular weight excluding hydrogens is 271 g/mol. The molecule has 0 radical (unpaired) electrons. The van der Waals surface area contributed by atoms with E-state index in [9.17, 15) is 13.2 Å². The molecule has 2 N–H and O–H groups in total. The summed E-state index contributed by atoms with van der Waals surface area (Å²) in [6.07, 6.45) is -0.821. The lowest BCUT2D eigenvalue weighted by Crippen LogP contribution is -2.40. The van der Waals surface area contributed by atoms with Crippen LogP contribution in [0.5, 0.6) is 0 Å². The average molecular weight is 291 g/mol. The number of aryl methyl sites for hydroxylation is 1. The van der Waals surface area contributed by atoms with E-state index in [-0.39, 0.29) is 18.1 Å². The zero-order valence-corrected chi connectivity index (χ0v) is 11.5. The second-order valence-corrected chi connectivity index (χ2v) is 5.64. The minimum Gasteiger partial charge on any atom is -0.337 e. The van der Waals surface area contributed by atoms with Crippen molar-refractivity contribution in [3.8, 4) is 0 Å². The van der Waals surface area contributed by atoms with E-state index >= 15 is 0 Å². The Morgan fingerprint density at radius 3 is 2.55 bits per heavy atom. The summed E-state index contributed by atoms with van der Waals surface area (Å²) in [6.45, 7) is 2.15. The second-order valence-electron chi connectivity index (χ2n) is 5.64. The minimum absolute atomic E-state index is 0.0831. The molecule has 0 aliphatic heterocycles. The van der Waals surface area contributed by atoms with E-state index in [1.54, 1.807) is 0 Å². The quantitative estimate of drug-likeness (QED) is 0.924. The van der Waals surface area contributed by atoms with Crippen molar-refractivity contribution in [2.75, 3.05) is 0 Å². The van der Waals surface area contributed by atoms with Crippen molar-refractivity contribution in [1.82, 2.24) is 10.1 Å². The third kappa shape index (κ3) is 3.71. The molecule has 20 heavy (non-hydrogen) atoms. The fraction of sp³-hybridized carbons (Fsp3) is 0.846. The van der Waals surface area contributed by atoms with Crippen LogP contribution in [0.3, 0.4) is 0 Å². The normalized spacial score (nSPS) is 27.8. The van der Waals surface area contributed by atoms with Crippen LogP contribution in [-0.4, -0.2) is 16.3 Å². The monoisotopic (exact) mass is 291 g/mol. The van der Waals surface area contributed by atoms with Gasteiger partial charge in [-0.25, -0.2) is 0 Å². The van der Waals surface area contributed by atoms with Gasteiger partial charge in [-0.05, 0) is 31.6 Å². The first-order chi connectivity index (χ1) is 9.32. The van der Waals surface area contributed by atoms with Crippen molar-refractivity contribution in [3.63, 3.8) is 0 Å². The van der Waals surface area contributed by atoms with E-state index in [1.807, 2.05) is 0 Å². The number of alkyl halides is 3. The molecule has 1 aliphatic rings. The second kappa shape index (κ2) is 5.71. The molecule has 2 rings (SSSR count). The SMILES string of the molecule is CCC1CCC(N)(c2nc(CCC(F)(F)F)no2)CC1. The smallest absolute Gasteiger partial charge is 0.337 e. The molecule has 0 bridgehead atoms. The molecule has 1 aromatic rings. The highest BCUT2D eigenvalue weighted by atomic mass is 19.4. The predicted molar refractivity (Wildman–Crippen MR) is 66.8 cm³/mol. The lowest BCUT2D eigenvalue weighted by Gasteiger charge is -2.33. The van der Waals surface area contributed by atoms with Crippen molar-refractivity contribution in [1.29, 1.82) is 0 Å². The number of nitrogens with zero attached hydrogens (tertiary/aromatic N) is 2. The van der Waals surface area contributed by atoms with Crippen molar-refractivity contribution in [2.45, 2.75) is 63.6 Å². The van der Waals surface area contributed by atoms with Gasteiger partial charge in [0.15, 0.2) is 5.82 Å². The van der Waals surface area contributed by atoms with Gasteiger partial charge in [-0.15, -0.1) is 0 Å². The fourth-order valence-electron chi connectivity index (χ4n) is 2.63. The Kier molecular flexibility index (Phi) is 4.36. The number of hydrogen-bond acceptors (Lipinski definition) is 4. The van der Waals surface area contributed by atoms with E-state index in [2.05, 4.69) is 17.1 Å². The summed E-state index contributed by atoms with van der Waals surface area (Å²) in [5.74, 6) is 1.03. The summed E-state index contributed by atoms with van der Waals surface area (Å²) >= 11 is 0. The number of halogens is 3. The summed E-state index contributed by atoms with van der Waals surface area (Å²) in [6, 6.07) is 0. The minimum atomic E-state index is -4.21. The lowest BCUT2D eigenvalue weighted by molar-refractivity contribution is -0.134. The summed E-state index contributed by atoms with van der Waals surface area (Å²) in [7, 11) is 0. The van der Waals surface area contributed by atoms with E-state index in [1.165, 1.54) is 0 Å². The van der Waals surface area contributed by atoms with Crippen molar-refractivity contribution in [3.05, 3.63) is 11.7 Å². The summed E-state index contributed by atoms with van der Waals surface area (Å²) in [5.41, 5.74) is 5.60. The van der Waals surface area contributed by atoms with Gasteiger partial charge in [0.25, 0.3) is 0 Å². The van der Waals surface area contributed by atoms with Crippen LogP contribution in [0.25, 0.3) is 0 Å². The third-order valence-corrected chi connectivity index (χ3v) is 4.10. The molecule has 7 heteroatoms. The summed E-state index contributed by atoms with van der Waals surface area (Å²) < 4.78 is 41.5. The van der Waals surface area contributed by atoms with Gasteiger partial charge in [0.05, 0.1) is 12.0 Å². The molecule has 1 aromatic heterocycles. The number of hydrogen-bond donors (Lipinski definition) is 1. The fourth-order valence-corrected chi connectivity index (χ4v) is 2.63. The van der Waals surface area contributed by atoms with Gasteiger partial charge in [0.2, 0.25) is 5.89 Å². The van der Waals surface area contributed by atoms with Crippen LogP contribution in [0, 0.1) is 5.92 Å². The Balaban J connectivity index is 1.98. The first-order valence-corrected chi connectivity index (χ1v) is 7.01. The molecule has 1 aliphatic carbocycles. The van der Waals surface area contributed by atoms with Crippen molar-refractivity contribution < 1.29 is 17.7 Å². The standard InChI is InChI=1S/C13H20F3N3O/c1-2-9-3-6-12(17,7-4-9)11-18-10(19-20-11)5-8-13(14,15)16/h9H,2-8,17H2,1H3. The molecule has 0 unspecified atom stereocenters. The van der Waals surface area contributed by atoms with E-state index in [0.29, 0.717) is 5.92 Å². The van der Waals surface area contributed by atoms with Gasteiger partial charge in [0, 0.05) is 6.42 Å². The van der Waals surface area contributed by atoms with Crippen LogP contribution >= 0.6 is 0 Å². The van der Waals surface area contributed by atoms with Gasteiger partial charge in [-0.3, -0.25) is 0 Å². The molecule has 0 atom stereocenters. The van der Waals surface area contributed by atoms with Crippen LogP contribution in [-0.2, 0) is 12.0 Å². The molecule has 1 fully saturated rings. The van der Waals surface area contributed by atoms with Crippen LogP contribution in [0.2, 0.25) is 0 Å². The first-order valence-electron chi connectivity index (χ1n) is 7.01. The van der Waals surface area contributed by atoms with Gasteiger partial charge < -0.3 is 10.3 Å². The summed E-state index contributed by atoms with van der Waals surface area (Å²) in [4.78, 5) is 4.06. The van der Waals surface area contributed by atoms with Crippen LogP contribution < -0.4 is 5.73 Å². The Morgan fingerprint density at radius 2 is 2.00 bits per heavy atom. The highest BCUT2D eigenvalue weighted by Crippen LogP contribution is 2.38. The Morgan fingerprint density at radius 1 is 1.35 bits per heavy atom. The Hall–Kier alpha value is -1.11. The third-order valence-electron chi connectivity index (χ3n) is 4.10. The molecule has 1 heterocycles. The van der Waals surface area contributed by atoms with Gasteiger partial charge in [0.1, 0.15) is 0 Å². The highest BCUT2D eigenvalue weighted by Gasteiger charge is 2.38. The highest BCUT2D eigenvalue weighted by molar-refractivity contribution is 5.04. The maximum absolute atomic E-state index is 12.1. The van der Waals surface area contributed by atoms with Crippen LogP contribution in [0.15, 0.2) is 4.52 Å². The molecule has 0 amide bonds. The Bertz CT molecular complexity index is 436. The zero-order chi connectivity index (χ0) is 14.8. The molecule has 0 saturated heterocycles. The van der Waals surface area contributed by atoms with E-state index < -0.39 is 18.1 Å². The van der Waals surface area contributed by atoms with Crippen molar-refractivity contribution >= 4 is 0 Å². The van der Waals surface area contributed by atoms with Crippen molar-refractivity contribution in [2.24, 2.45) is 11.7 Å². The van der Waals surface area contributed by atoms with Gasteiger partial charge in [-0.2, -0.15) is 18.2 Å². The molecule has 1 saturated carbocycles.